The minimum Gasteiger partial charge on any atom is -0.486 e. The van der Waals surface area contributed by atoms with Crippen LogP contribution in [0.25, 0.3) is 0 Å². The van der Waals surface area contributed by atoms with Crippen LogP contribution in [0.2, 0.25) is 0 Å². The first-order chi connectivity index (χ1) is 13.1. The summed E-state index contributed by atoms with van der Waals surface area (Å²) >= 11 is 0. The van der Waals surface area contributed by atoms with Crippen LogP contribution in [0.15, 0.2) is 35.5 Å². The molecule has 0 spiro atoms. The first-order valence-corrected chi connectivity index (χ1v) is 9.93. The first kappa shape index (κ1) is 17.8. The quantitative estimate of drug-likeness (QED) is 0.744. The molecule has 10 heteroatoms. The van der Waals surface area contributed by atoms with Crippen molar-refractivity contribution in [3.8, 4) is 23.3 Å². The summed E-state index contributed by atoms with van der Waals surface area (Å²) in [5.41, 5.74) is 0. The topological polar surface area (TPSA) is 100 Å². The van der Waals surface area contributed by atoms with Crippen molar-refractivity contribution in [1.29, 1.82) is 0 Å². The van der Waals surface area contributed by atoms with Gasteiger partial charge < -0.3 is 18.9 Å². The van der Waals surface area contributed by atoms with Gasteiger partial charge in [0.25, 0.3) is 11.8 Å². The lowest BCUT2D eigenvalue weighted by molar-refractivity contribution is 0.171. The number of methoxy groups -OCH3 is 1. The SMILES string of the molecule is COc1nccnc1OC1CCN(S(=O)(=O)c2ccc3c(c2)OCCO3)C1. The molecule has 27 heavy (non-hydrogen) atoms. The normalized spacial score (nSPS) is 19.7. The molecule has 1 saturated heterocycles. The Balaban J connectivity index is 1.49. The summed E-state index contributed by atoms with van der Waals surface area (Å²) in [6.45, 7) is 1.42. The Hall–Kier alpha value is -2.59. The zero-order valence-electron chi connectivity index (χ0n) is 14.7. The molecule has 0 N–H and O–H groups in total. The first-order valence-electron chi connectivity index (χ1n) is 8.49. The maximum absolute atomic E-state index is 13.0. The number of ether oxygens (including phenoxy) is 4. The maximum atomic E-state index is 13.0. The average molecular weight is 393 g/mol. The van der Waals surface area contributed by atoms with Crippen LogP contribution in [0.4, 0.5) is 0 Å². The molecule has 2 aromatic rings. The van der Waals surface area contributed by atoms with E-state index in [0.717, 1.165) is 0 Å². The van der Waals surface area contributed by atoms with E-state index in [9.17, 15) is 8.42 Å². The predicted octanol–water partition coefficient (Wildman–Crippen LogP) is 1.10. The standard InChI is InChI=1S/C17H19N3O6S/c1-23-16-17(19-6-5-18-16)26-12-4-7-20(11-12)27(21,22)13-2-3-14-15(10-13)25-9-8-24-14/h2-3,5-6,10,12H,4,7-9,11H2,1H3. The van der Waals surface area contributed by atoms with Gasteiger partial charge >= 0.3 is 0 Å². The lowest BCUT2D eigenvalue weighted by Crippen LogP contribution is -2.31. The summed E-state index contributed by atoms with van der Waals surface area (Å²) in [6, 6.07) is 4.66. The van der Waals surface area contributed by atoms with Crippen molar-refractivity contribution in [2.24, 2.45) is 0 Å². The summed E-state index contributed by atoms with van der Waals surface area (Å²) in [5, 5.41) is 0. The molecule has 9 nitrogen and oxygen atoms in total. The molecule has 1 atom stereocenters. The maximum Gasteiger partial charge on any atom is 0.278 e. The number of sulfonamides is 1. The summed E-state index contributed by atoms with van der Waals surface area (Å²) in [6.07, 6.45) is 3.21. The fourth-order valence-electron chi connectivity index (χ4n) is 3.04. The van der Waals surface area contributed by atoms with Crippen molar-refractivity contribution in [3.05, 3.63) is 30.6 Å². The van der Waals surface area contributed by atoms with Crippen molar-refractivity contribution in [3.63, 3.8) is 0 Å². The molecule has 3 heterocycles. The molecule has 4 rings (SSSR count). The number of benzene rings is 1. The second-order valence-corrected chi connectivity index (χ2v) is 8.01. The van der Waals surface area contributed by atoms with Gasteiger partial charge in [-0.2, -0.15) is 4.31 Å². The average Bonchev–Trinajstić information content (AvgIpc) is 3.17. The van der Waals surface area contributed by atoms with Gasteiger partial charge in [-0.05, 0) is 18.6 Å². The molecule has 0 saturated carbocycles. The summed E-state index contributed by atoms with van der Waals surface area (Å²) < 4.78 is 49.2. The van der Waals surface area contributed by atoms with Crippen molar-refractivity contribution < 1.29 is 27.4 Å². The molecule has 1 fully saturated rings. The highest BCUT2D eigenvalue weighted by Crippen LogP contribution is 2.34. The van der Waals surface area contributed by atoms with E-state index in [1.54, 1.807) is 6.07 Å². The van der Waals surface area contributed by atoms with E-state index >= 15 is 0 Å². The van der Waals surface area contributed by atoms with Gasteiger partial charge in [0, 0.05) is 25.0 Å². The highest BCUT2D eigenvalue weighted by atomic mass is 32.2. The Labute approximate surface area is 156 Å². The van der Waals surface area contributed by atoms with E-state index in [0.29, 0.717) is 37.7 Å². The molecule has 0 aliphatic carbocycles. The van der Waals surface area contributed by atoms with Crippen molar-refractivity contribution in [2.45, 2.75) is 17.4 Å². The fraction of sp³-hybridized carbons (Fsp3) is 0.412. The van der Waals surface area contributed by atoms with Crippen LogP contribution in [0.5, 0.6) is 23.3 Å². The van der Waals surface area contributed by atoms with Gasteiger partial charge in [-0.25, -0.2) is 18.4 Å². The molecule has 0 radical (unpaired) electrons. The van der Waals surface area contributed by atoms with Crippen LogP contribution in [-0.2, 0) is 10.0 Å². The molecule has 2 aliphatic rings. The largest absolute Gasteiger partial charge is 0.486 e. The Morgan fingerprint density at radius 1 is 1.11 bits per heavy atom. The van der Waals surface area contributed by atoms with Gasteiger partial charge in [-0.3, -0.25) is 0 Å². The summed E-state index contributed by atoms with van der Waals surface area (Å²) in [7, 11) is -2.19. The van der Waals surface area contributed by atoms with Crippen LogP contribution in [0.1, 0.15) is 6.42 Å². The van der Waals surface area contributed by atoms with Crippen LogP contribution < -0.4 is 18.9 Å². The van der Waals surface area contributed by atoms with Crippen LogP contribution in [0.3, 0.4) is 0 Å². The number of nitrogens with zero attached hydrogens (tertiary/aromatic N) is 3. The number of aromatic nitrogens is 2. The molecule has 0 bridgehead atoms. The minimum absolute atomic E-state index is 0.171. The number of fused-ring (bicyclic) bond motifs is 1. The lowest BCUT2D eigenvalue weighted by Gasteiger charge is -2.21. The van der Waals surface area contributed by atoms with Gasteiger partial charge in [-0.15, -0.1) is 0 Å². The lowest BCUT2D eigenvalue weighted by atomic mass is 10.3. The Kier molecular flexibility index (Phi) is 4.75. The second kappa shape index (κ2) is 7.20. The Morgan fingerprint density at radius 3 is 2.63 bits per heavy atom. The zero-order chi connectivity index (χ0) is 18.9. The molecule has 0 amide bonds. The summed E-state index contributed by atoms with van der Waals surface area (Å²) in [4.78, 5) is 8.30. The van der Waals surface area contributed by atoms with Crippen molar-refractivity contribution in [1.82, 2.24) is 14.3 Å². The van der Waals surface area contributed by atoms with Crippen molar-refractivity contribution >= 4 is 10.0 Å². The van der Waals surface area contributed by atoms with E-state index in [-0.39, 0.29) is 29.3 Å². The number of hydrogen-bond donors (Lipinski definition) is 0. The molecule has 2 aliphatic heterocycles. The third kappa shape index (κ3) is 3.50. The Morgan fingerprint density at radius 2 is 1.85 bits per heavy atom. The molecular formula is C17H19N3O6S. The van der Waals surface area contributed by atoms with Gasteiger partial charge in [0.05, 0.1) is 18.6 Å². The molecular weight excluding hydrogens is 374 g/mol. The van der Waals surface area contributed by atoms with Gasteiger partial charge in [0.1, 0.15) is 19.3 Å². The van der Waals surface area contributed by atoms with Gasteiger partial charge in [0.15, 0.2) is 11.5 Å². The van der Waals surface area contributed by atoms with E-state index in [2.05, 4.69) is 9.97 Å². The molecule has 1 unspecified atom stereocenters. The third-order valence-corrected chi connectivity index (χ3v) is 6.23. The van der Waals surface area contributed by atoms with Crippen molar-refractivity contribution in [2.75, 3.05) is 33.4 Å². The minimum atomic E-state index is -3.66. The highest BCUT2D eigenvalue weighted by molar-refractivity contribution is 7.89. The molecule has 144 valence electrons. The zero-order valence-corrected chi connectivity index (χ0v) is 15.5. The highest BCUT2D eigenvalue weighted by Gasteiger charge is 2.35. The van der Waals surface area contributed by atoms with E-state index < -0.39 is 10.0 Å². The summed E-state index contributed by atoms with van der Waals surface area (Å²) in [5.74, 6) is 1.52. The smallest absolute Gasteiger partial charge is 0.278 e. The third-order valence-electron chi connectivity index (χ3n) is 4.36. The number of hydrogen-bond acceptors (Lipinski definition) is 8. The van der Waals surface area contributed by atoms with Gasteiger partial charge in [-0.1, -0.05) is 0 Å². The van der Waals surface area contributed by atoms with Crippen LogP contribution in [0, 0.1) is 0 Å². The van der Waals surface area contributed by atoms with E-state index in [1.165, 1.54) is 35.9 Å². The Bertz CT molecular complexity index is 936. The van der Waals surface area contributed by atoms with E-state index in [4.69, 9.17) is 18.9 Å². The molecule has 1 aromatic heterocycles. The van der Waals surface area contributed by atoms with Gasteiger partial charge in [0.2, 0.25) is 10.0 Å². The predicted molar refractivity (Wildman–Crippen MR) is 93.8 cm³/mol. The second-order valence-electron chi connectivity index (χ2n) is 6.07. The monoisotopic (exact) mass is 393 g/mol. The molecule has 1 aromatic carbocycles. The fourth-order valence-corrected chi connectivity index (χ4v) is 4.54. The van der Waals surface area contributed by atoms with Crippen LogP contribution in [-0.4, -0.2) is 62.2 Å². The number of rotatable bonds is 5. The van der Waals surface area contributed by atoms with Crippen LogP contribution >= 0.6 is 0 Å². The van der Waals surface area contributed by atoms with E-state index in [1.807, 2.05) is 0 Å².